The van der Waals surface area contributed by atoms with Gasteiger partial charge in [0.25, 0.3) is 0 Å². The van der Waals surface area contributed by atoms with Gasteiger partial charge >= 0.3 is 0 Å². The summed E-state index contributed by atoms with van der Waals surface area (Å²) in [6, 6.07) is 12.6. The van der Waals surface area contributed by atoms with Crippen LogP contribution < -0.4 is 4.74 Å². The Labute approximate surface area is 164 Å². The van der Waals surface area contributed by atoms with Crippen molar-refractivity contribution in [3.8, 4) is 29.0 Å². The van der Waals surface area contributed by atoms with Crippen molar-refractivity contribution in [2.75, 3.05) is 0 Å². The third-order valence-electron chi connectivity index (χ3n) is 4.95. The molecule has 4 aromatic heterocycles. The van der Waals surface area contributed by atoms with E-state index in [0.717, 1.165) is 16.7 Å². The Bertz CT molecular complexity index is 1350. The van der Waals surface area contributed by atoms with Crippen LogP contribution in [0.3, 0.4) is 0 Å². The zero-order chi connectivity index (χ0) is 19.4. The molecule has 5 heterocycles. The highest BCUT2D eigenvalue weighted by molar-refractivity contribution is 5.67. The quantitative estimate of drug-likeness (QED) is 0.486. The van der Waals surface area contributed by atoms with Gasteiger partial charge in [-0.25, -0.2) is 14.5 Å². The second-order valence-corrected chi connectivity index (χ2v) is 6.69. The van der Waals surface area contributed by atoms with E-state index in [9.17, 15) is 5.11 Å². The van der Waals surface area contributed by atoms with E-state index < -0.39 is 0 Å². The van der Waals surface area contributed by atoms with Crippen molar-refractivity contribution in [3.63, 3.8) is 0 Å². The Kier molecular flexibility index (Phi) is 3.22. The van der Waals surface area contributed by atoms with Crippen LogP contribution in [0.15, 0.2) is 71.9 Å². The minimum absolute atomic E-state index is 0.126. The number of aromatic nitrogens is 5. The van der Waals surface area contributed by atoms with E-state index >= 15 is 0 Å². The molecule has 1 atom stereocenters. The molecule has 0 fully saturated rings. The number of rotatable bonds is 2. The van der Waals surface area contributed by atoms with Gasteiger partial charge < -0.3 is 14.3 Å². The molecule has 6 rings (SSSR count). The normalized spacial score (nSPS) is 15.0. The second kappa shape index (κ2) is 5.90. The number of phenols is 1. The van der Waals surface area contributed by atoms with Crippen LogP contribution in [0, 0.1) is 0 Å². The summed E-state index contributed by atoms with van der Waals surface area (Å²) in [5.41, 5.74) is 3.25. The van der Waals surface area contributed by atoms with Crippen molar-refractivity contribution >= 4 is 5.65 Å². The molecule has 0 saturated carbocycles. The third kappa shape index (κ3) is 2.39. The van der Waals surface area contributed by atoms with Crippen molar-refractivity contribution in [1.82, 2.24) is 24.6 Å². The highest BCUT2D eigenvalue weighted by Crippen LogP contribution is 2.48. The largest absolute Gasteiger partial charge is 0.508 e. The van der Waals surface area contributed by atoms with Gasteiger partial charge in [0.1, 0.15) is 17.8 Å². The lowest BCUT2D eigenvalue weighted by molar-refractivity contribution is 0.422. The molecule has 0 spiro atoms. The fraction of sp³-hybridized carbons (Fsp3) is 0.0476. The average Bonchev–Trinajstić information content (AvgIpc) is 3.42. The summed E-state index contributed by atoms with van der Waals surface area (Å²) in [6.45, 7) is 0. The predicted octanol–water partition coefficient (Wildman–Crippen LogP) is 3.77. The van der Waals surface area contributed by atoms with Crippen LogP contribution >= 0.6 is 0 Å². The maximum absolute atomic E-state index is 9.92. The number of ether oxygens (including phenoxy) is 1. The highest BCUT2D eigenvalue weighted by atomic mass is 16.5. The van der Waals surface area contributed by atoms with Crippen LogP contribution in [0.1, 0.15) is 22.6 Å². The van der Waals surface area contributed by atoms with Crippen molar-refractivity contribution in [2.24, 2.45) is 0 Å². The monoisotopic (exact) mass is 383 g/mol. The van der Waals surface area contributed by atoms with Gasteiger partial charge in [0.05, 0.1) is 11.8 Å². The summed E-state index contributed by atoms with van der Waals surface area (Å²) in [5.74, 6) is 1.90. The Hall–Kier alpha value is -4.20. The maximum atomic E-state index is 9.92. The molecule has 140 valence electrons. The maximum Gasteiger partial charge on any atom is 0.228 e. The van der Waals surface area contributed by atoms with Gasteiger partial charge in [0.2, 0.25) is 11.7 Å². The Balaban J connectivity index is 1.64. The molecule has 1 aromatic carbocycles. The van der Waals surface area contributed by atoms with E-state index in [4.69, 9.17) is 14.1 Å². The number of hydrogen-bond acceptors (Lipinski definition) is 7. The number of phenolic OH excluding ortho intramolecular Hbond substituents is 1. The van der Waals surface area contributed by atoms with E-state index in [1.807, 2.05) is 30.5 Å². The lowest BCUT2D eigenvalue weighted by atomic mass is 9.84. The summed E-state index contributed by atoms with van der Waals surface area (Å²) in [5, 5.41) is 14.4. The van der Waals surface area contributed by atoms with Crippen LogP contribution in [0.25, 0.3) is 17.2 Å². The van der Waals surface area contributed by atoms with Gasteiger partial charge in [-0.3, -0.25) is 4.98 Å². The predicted molar refractivity (Wildman–Crippen MR) is 102 cm³/mol. The van der Waals surface area contributed by atoms with Gasteiger partial charge in [-0.15, -0.1) is 5.10 Å². The molecular weight excluding hydrogens is 370 g/mol. The second-order valence-electron chi connectivity index (χ2n) is 6.69. The number of benzene rings is 1. The van der Waals surface area contributed by atoms with Crippen LogP contribution in [-0.4, -0.2) is 29.7 Å². The molecule has 8 heteroatoms. The molecule has 1 unspecified atom stereocenters. The number of fused-ring (bicyclic) bond motifs is 4. The van der Waals surface area contributed by atoms with Crippen LogP contribution in [-0.2, 0) is 0 Å². The van der Waals surface area contributed by atoms with E-state index in [1.165, 1.54) is 0 Å². The molecule has 0 aliphatic carbocycles. The smallest absolute Gasteiger partial charge is 0.228 e. The molecule has 0 radical (unpaired) electrons. The number of hydrogen-bond donors (Lipinski definition) is 1. The van der Waals surface area contributed by atoms with Crippen LogP contribution in [0.4, 0.5) is 0 Å². The SMILES string of the molecule is Oc1ccc2c(c1)Oc1ncn3nc(-c4ccco4)nc3c1C2c1cccnc1. The molecule has 1 aliphatic heterocycles. The summed E-state index contributed by atoms with van der Waals surface area (Å²) in [7, 11) is 0. The summed E-state index contributed by atoms with van der Waals surface area (Å²) < 4.78 is 13.1. The fourth-order valence-electron chi connectivity index (χ4n) is 3.71. The molecule has 1 N–H and O–H groups in total. The summed E-state index contributed by atoms with van der Waals surface area (Å²) in [4.78, 5) is 13.4. The standard InChI is InChI=1S/C21H13N5O3/c27-13-5-6-14-16(9-13)29-21-18(17(14)12-3-1-7-22-10-12)20-24-19(15-4-2-8-28-15)25-26(20)11-23-21/h1-11,17,27H. The third-order valence-corrected chi connectivity index (χ3v) is 4.95. The molecule has 0 bridgehead atoms. The highest BCUT2D eigenvalue weighted by Gasteiger charge is 2.33. The molecule has 5 aromatic rings. The first kappa shape index (κ1) is 15.8. The average molecular weight is 383 g/mol. The molecular formula is C21H13N5O3. The van der Waals surface area contributed by atoms with Crippen molar-refractivity contribution in [1.29, 1.82) is 0 Å². The minimum Gasteiger partial charge on any atom is -0.508 e. The van der Waals surface area contributed by atoms with Crippen LogP contribution in [0.5, 0.6) is 17.4 Å². The van der Waals surface area contributed by atoms with Crippen LogP contribution in [0.2, 0.25) is 0 Å². The van der Waals surface area contributed by atoms with E-state index in [2.05, 4.69) is 15.1 Å². The van der Waals surface area contributed by atoms with Gasteiger partial charge in [-0.05, 0) is 29.8 Å². The first-order valence-electron chi connectivity index (χ1n) is 8.98. The molecule has 8 nitrogen and oxygen atoms in total. The minimum atomic E-state index is -0.229. The lowest BCUT2D eigenvalue weighted by Gasteiger charge is -2.27. The van der Waals surface area contributed by atoms with E-state index in [1.54, 1.807) is 41.5 Å². The van der Waals surface area contributed by atoms with Gasteiger partial charge in [-0.2, -0.15) is 0 Å². The van der Waals surface area contributed by atoms with Crippen molar-refractivity contribution < 1.29 is 14.3 Å². The summed E-state index contributed by atoms with van der Waals surface area (Å²) >= 11 is 0. The Morgan fingerprint density at radius 3 is 2.90 bits per heavy atom. The molecule has 1 aliphatic rings. The Morgan fingerprint density at radius 2 is 2.07 bits per heavy atom. The van der Waals surface area contributed by atoms with Gasteiger partial charge in [0.15, 0.2) is 11.4 Å². The first-order valence-corrected chi connectivity index (χ1v) is 8.98. The number of furan rings is 1. The topological polar surface area (TPSA) is 98.6 Å². The Morgan fingerprint density at radius 1 is 1.10 bits per heavy atom. The molecule has 29 heavy (non-hydrogen) atoms. The first-order chi connectivity index (χ1) is 14.3. The number of pyridine rings is 1. The molecule has 0 amide bonds. The number of aromatic hydroxyl groups is 1. The van der Waals surface area contributed by atoms with Crippen molar-refractivity contribution in [3.05, 3.63) is 84.1 Å². The fourth-order valence-corrected chi connectivity index (χ4v) is 3.71. The summed E-state index contributed by atoms with van der Waals surface area (Å²) in [6.07, 6.45) is 6.68. The zero-order valence-electron chi connectivity index (χ0n) is 14.9. The zero-order valence-corrected chi connectivity index (χ0v) is 14.9. The van der Waals surface area contributed by atoms with E-state index in [0.29, 0.717) is 28.9 Å². The lowest BCUT2D eigenvalue weighted by Crippen LogP contribution is -2.15. The van der Waals surface area contributed by atoms with Gasteiger partial charge in [-0.1, -0.05) is 12.1 Å². The van der Waals surface area contributed by atoms with Crippen molar-refractivity contribution in [2.45, 2.75) is 5.92 Å². The van der Waals surface area contributed by atoms with Gasteiger partial charge in [0, 0.05) is 29.9 Å². The molecule has 0 saturated heterocycles. The number of nitrogens with zero attached hydrogens (tertiary/aromatic N) is 5. The van der Waals surface area contributed by atoms with E-state index in [-0.39, 0.29) is 11.7 Å².